The molecular formula is C30H32F4N2O6. The molecule has 0 saturated carbocycles. The number of alkyl halides is 3. The van der Waals surface area contributed by atoms with Crippen LogP contribution in [0.25, 0.3) is 0 Å². The second kappa shape index (κ2) is 15.6. The molecule has 3 rings (SSSR count). The second-order valence-electron chi connectivity index (χ2n) is 9.20. The first-order valence-electron chi connectivity index (χ1n) is 13.2. The second-order valence-corrected chi connectivity index (χ2v) is 9.20. The number of aryl methyl sites for hydroxylation is 1. The molecule has 0 heterocycles. The van der Waals surface area contributed by atoms with E-state index < -0.39 is 30.2 Å². The number of amides is 2. The molecule has 0 saturated heterocycles. The number of halogens is 4. The minimum absolute atomic E-state index is 0.137. The van der Waals surface area contributed by atoms with Gasteiger partial charge < -0.3 is 29.5 Å². The van der Waals surface area contributed by atoms with Crippen LogP contribution >= 0.6 is 0 Å². The molecule has 2 N–H and O–H groups in total. The molecule has 0 bridgehead atoms. The summed E-state index contributed by atoms with van der Waals surface area (Å²) in [7, 11) is 0. The van der Waals surface area contributed by atoms with Crippen LogP contribution < -0.4 is 14.8 Å². The Bertz CT molecular complexity index is 1270. The lowest BCUT2D eigenvalue weighted by atomic mass is 10.1. The summed E-state index contributed by atoms with van der Waals surface area (Å²) in [4.78, 5) is 25.9. The molecule has 1 atom stereocenters. The largest absolute Gasteiger partial charge is 0.573 e. The standard InChI is InChI=1S/C30H32F4N2O6/c1-2-40-27(28(37)38)20-22-7-13-25(14-8-22)41-19-18-36(17-3-4-21-5-9-23(31)10-6-21)29(39)35-24-11-15-26(16-12-24)42-30(32,33)34/h5-16,27H,2-4,17-20H2,1H3,(H,35,39)(H,37,38). The van der Waals surface area contributed by atoms with Crippen molar-refractivity contribution in [2.75, 3.05) is 31.6 Å². The number of urea groups is 1. The fourth-order valence-electron chi connectivity index (χ4n) is 4.01. The maximum Gasteiger partial charge on any atom is 0.573 e. The highest BCUT2D eigenvalue weighted by Crippen LogP contribution is 2.24. The number of nitrogens with one attached hydrogen (secondary N) is 1. The van der Waals surface area contributed by atoms with Crippen molar-refractivity contribution < 1.29 is 46.5 Å². The van der Waals surface area contributed by atoms with E-state index in [2.05, 4.69) is 10.1 Å². The zero-order valence-electron chi connectivity index (χ0n) is 22.9. The Morgan fingerprint density at radius 3 is 2.12 bits per heavy atom. The highest BCUT2D eigenvalue weighted by molar-refractivity contribution is 5.89. The fourth-order valence-corrected chi connectivity index (χ4v) is 4.01. The quantitative estimate of drug-likeness (QED) is 0.201. The minimum atomic E-state index is -4.82. The summed E-state index contributed by atoms with van der Waals surface area (Å²) in [5, 5.41) is 11.9. The van der Waals surface area contributed by atoms with Crippen LogP contribution in [0.1, 0.15) is 24.5 Å². The van der Waals surface area contributed by atoms with Gasteiger partial charge in [-0.2, -0.15) is 0 Å². The van der Waals surface area contributed by atoms with E-state index in [1.54, 1.807) is 43.3 Å². The van der Waals surface area contributed by atoms with E-state index in [-0.39, 0.29) is 37.7 Å². The van der Waals surface area contributed by atoms with Crippen molar-refractivity contribution in [3.63, 3.8) is 0 Å². The average molecular weight is 593 g/mol. The Balaban J connectivity index is 1.58. The van der Waals surface area contributed by atoms with E-state index in [9.17, 15) is 32.3 Å². The summed E-state index contributed by atoms with van der Waals surface area (Å²) < 4.78 is 65.4. The van der Waals surface area contributed by atoms with Crippen LogP contribution in [0.5, 0.6) is 11.5 Å². The minimum Gasteiger partial charge on any atom is -0.492 e. The number of aliphatic carboxylic acids is 1. The highest BCUT2D eigenvalue weighted by atomic mass is 19.4. The lowest BCUT2D eigenvalue weighted by Crippen LogP contribution is -2.38. The summed E-state index contributed by atoms with van der Waals surface area (Å²) in [6, 6.07) is 17.3. The van der Waals surface area contributed by atoms with Crippen molar-refractivity contribution in [3.8, 4) is 11.5 Å². The number of ether oxygens (including phenoxy) is 3. The van der Waals surface area contributed by atoms with Gasteiger partial charge in [0.1, 0.15) is 23.9 Å². The predicted octanol–water partition coefficient (Wildman–Crippen LogP) is 6.30. The van der Waals surface area contributed by atoms with Crippen molar-refractivity contribution >= 4 is 17.7 Å². The van der Waals surface area contributed by atoms with Crippen LogP contribution in [0.2, 0.25) is 0 Å². The topological polar surface area (TPSA) is 97.3 Å². The van der Waals surface area contributed by atoms with Gasteiger partial charge in [-0.1, -0.05) is 24.3 Å². The number of hydrogen-bond acceptors (Lipinski definition) is 5. The predicted molar refractivity (Wildman–Crippen MR) is 147 cm³/mol. The molecule has 0 aliphatic heterocycles. The molecule has 8 nitrogen and oxygen atoms in total. The number of rotatable bonds is 15. The van der Waals surface area contributed by atoms with Gasteiger partial charge in [0.2, 0.25) is 0 Å². The normalized spacial score (nSPS) is 11.9. The zero-order chi connectivity index (χ0) is 30.5. The van der Waals surface area contributed by atoms with Gasteiger partial charge in [0.25, 0.3) is 0 Å². The average Bonchev–Trinajstić information content (AvgIpc) is 2.94. The van der Waals surface area contributed by atoms with Crippen molar-refractivity contribution in [1.82, 2.24) is 4.90 Å². The van der Waals surface area contributed by atoms with E-state index >= 15 is 0 Å². The Kier molecular flexibility index (Phi) is 12.0. The molecule has 12 heteroatoms. The summed E-state index contributed by atoms with van der Waals surface area (Å²) >= 11 is 0. The van der Waals surface area contributed by atoms with Gasteiger partial charge in [0, 0.05) is 25.3 Å². The number of benzene rings is 3. The lowest BCUT2D eigenvalue weighted by molar-refractivity contribution is -0.274. The fraction of sp³-hybridized carbons (Fsp3) is 0.333. The van der Waals surface area contributed by atoms with Crippen LogP contribution in [-0.4, -0.2) is 60.8 Å². The van der Waals surface area contributed by atoms with Gasteiger partial charge in [-0.15, -0.1) is 13.2 Å². The maximum atomic E-state index is 13.2. The van der Waals surface area contributed by atoms with Crippen LogP contribution in [0.4, 0.5) is 28.0 Å². The molecule has 0 radical (unpaired) electrons. The van der Waals surface area contributed by atoms with Gasteiger partial charge in [-0.25, -0.2) is 14.0 Å². The third-order valence-electron chi connectivity index (χ3n) is 6.05. The van der Waals surface area contributed by atoms with Crippen molar-refractivity contribution in [2.24, 2.45) is 0 Å². The zero-order valence-corrected chi connectivity index (χ0v) is 22.9. The van der Waals surface area contributed by atoms with Crippen LogP contribution in [0, 0.1) is 5.82 Å². The molecule has 3 aromatic carbocycles. The lowest BCUT2D eigenvalue weighted by Gasteiger charge is -2.23. The van der Waals surface area contributed by atoms with Gasteiger partial charge in [-0.3, -0.25) is 0 Å². The number of hydrogen-bond donors (Lipinski definition) is 2. The molecular weight excluding hydrogens is 560 g/mol. The van der Waals surface area contributed by atoms with Crippen molar-refractivity contribution in [1.29, 1.82) is 0 Å². The number of anilines is 1. The summed E-state index contributed by atoms with van der Waals surface area (Å²) in [6.45, 7) is 2.66. The van der Waals surface area contributed by atoms with Crippen LogP contribution in [0.15, 0.2) is 72.8 Å². The monoisotopic (exact) mass is 592 g/mol. The van der Waals surface area contributed by atoms with Gasteiger partial charge in [-0.05, 0) is 79.4 Å². The van der Waals surface area contributed by atoms with Gasteiger partial charge in [0.05, 0.1) is 6.54 Å². The number of nitrogens with zero attached hydrogens (tertiary/aromatic N) is 1. The highest BCUT2D eigenvalue weighted by Gasteiger charge is 2.31. The molecule has 0 spiro atoms. The smallest absolute Gasteiger partial charge is 0.492 e. The third-order valence-corrected chi connectivity index (χ3v) is 6.05. The Morgan fingerprint density at radius 2 is 1.52 bits per heavy atom. The van der Waals surface area contributed by atoms with E-state index in [4.69, 9.17) is 9.47 Å². The molecule has 226 valence electrons. The molecule has 2 amide bonds. The van der Waals surface area contributed by atoms with E-state index in [1.165, 1.54) is 29.2 Å². The Hall–Kier alpha value is -4.32. The number of carbonyl (C=O) groups excluding carboxylic acids is 1. The Morgan fingerprint density at radius 1 is 0.905 bits per heavy atom. The molecule has 0 aromatic heterocycles. The SMILES string of the molecule is CCOC(Cc1ccc(OCCN(CCCc2ccc(F)cc2)C(=O)Nc2ccc(OC(F)(F)F)cc2)cc1)C(=O)O. The Labute approximate surface area is 240 Å². The van der Waals surface area contributed by atoms with Crippen molar-refractivity contribution in [3.05, 3.63) is 89.7 Å². The summed E-state index contributed by atoms with van der Waals surface area (Å²) in [5.74, 6) is -1.27. The molecule has 42 heavy (non-hydrogen) atoms. The molecule has 1 unspecified atom stereocenters. The molecule has 0 aliphatic carbocycles. The third kappa shape index (κ3) is 11.3. The first kappa shape index (κ1) is 32.2. The summed E-state index contributed by atoms with van der Waals surface area (Å²) in [5.41, 5.74) is 1.95. The molecule has 0 aliphatic rings. The van der Waals surface area contributed by atoms with E-state index in [1.807, 2.05) is 0 Å². The maximum absolute atomic E-state index is 13.2. The first-order chi connectivity index (χ1) is 20.0. The van der Waals surface area contributed by atoms with Crippen molar-refractivity contribution in [2.45, 2.75) is 38.7 Å². The van der Waals surface area contributed by atoms with Crippen LogP contribution in [0.3, 0.4) is 0 Å². The number of carboxylic acids is 1. The van der Waals surface area contributed by atoms with E-state index in [0.29, 0.717) is 25.1 Å². The summed E-state index contributed by atoms with van der Waals surface area (Å²) in [6.07, 6.45) is -4.41. The van der Waals surface area contributed by atoms with Gasteiger partial charge in [0.15, 0.2) is 6.10 Å². The molecule has 0 fully saturated rings. The first-order valence-corrected chi connectivity index (χ1v) is 13.2. The van der Waals surface area contributed by atoms with Gasteiger partial charge >= 0.3 is 18.4 Å². The molecule has 3 aromatic rings. The number of carboxylic acid groups (broad SMARTS) is 1. The van der Waals surface area contributed by atoms with E-state index in [0.717, 1.165) is 23.3 Å². The number of carbonyl (C=O) groups is 2. The van der Waals surface area contributed by atoms with Crippen LogP contribution in [-0.2, 0) is 22.4 Å².